The van der Waals surface area contributed by atoms with Gasteiger partial charge in [-0.05, 0) is 49.3 Å². The molecular formula is C16H24N2O2. The zero-order valence-corrected chi connectivity index (χ0v) is 12.4. The van der Waals surface area contributed by atoms with Crippen LogP contribution in [0, 0.1) is 0 Å². The fourth-order valence-corrected chi connectivity index (χ4v) is 2.65. The number of aliphatic hydroxyl groups excluding tert-OH is 1. The summed E-state index contributed by atoms with van der Waals surface area (Å²) < 4.78 is 0. The van der Waals surface area contributed by atoms with Crippen LogP contribution in [0.25, 0.3) is 0 Å². The van der Waals surface area contributed by atoms with E-state index in [0.717, 1.165) is 12.0 Å². The summed E-state index contributed by atoms with van der Waals surface area (Å²) in [4.78, 5) is 13.4. The Kier molecular flexibility index (Phi) is 5.01. The highest BCUT2D eigenvalue weighted by atomic mass is 16.3. The Balaban J connectivity index is 2.02. The summed E-state index contributed by atoms with van der Waals surface area (Å²) in [5, 5.41) is 11.8. The van der Waals surface area contributed by atoms with Gasteiger partial charge in [0.15, 0.2) is 0 Å². The molecule has 0 spiro atoms. The zero-order chi connectivity index (χ0) is 14.5. The third-order valence-corrected chi connectivity index (χ3v) is 3.99. The Hall–Kier alpha value is -1.55. The molecule has 2 N–H and O–H groups in total. The van der Waals surface area contributed by atoms with Crippen LogP contribution in [-0.4, -0.2) is 36.2 Å². The van der Waals surface area contributed by atoms with Gasteiger partial charge >= 0.3 is 6.03 Å². The lowest BCUT2D eigenvalue weighted by atomic mass is 9.89. The molecule has 0 fully saturated rings. The number of urea groups is 1. The Morgan fingerprint density at radius 3 is 2.75 bits per heavy atom. The fraction of sp³-hybridized carbons (Fsp3) is 0.562. The summed E-state index contributed by atoms with van der Waals surface area (Å²) in [5.74, 6) is 0. The molecule has 4 heteroatoms. The van der Waals surface area contributed by atoms with Crippen molar-refractivity contribution in [2.45, 2.75) is 38.6 Å². The molecule has 0 radical (unpaired) electrons. The molecule has 0 saturated heterocycles. The molecule has 1 atom stereocenters. The number of fused-ring (bicyclic) bond motifs is 1. The van der Waals surface area contributed by atoms with Gasteiger partial charge < -0.3 is 15.3 Å². The molecule has 0 bridgehead atoms. The molecule has 1 unspecified atom stereocenters. The van der Waals surface area contributed by atoms with E-state index in [2.05, 4.69) is 23.5 Å². The third-order valence-electron chi connectivity index (χ3n) is 3.99. The number of carbonyl (C=O) groups is 1. The first-order chi connectivity index (χ1) is 9.61. The van der Waals surface area contributed by atoms with E-state index in [-0.39, 0.29) is 18.7 Å². The minimum atomic E-state index is -0.149. The first-order valence-electron chi connectivity index (χ1n) is 7.36. The van der Waals surface area contributed by atoms with Crippen molar-refractivity contribution in [3.05, 3.63) is 34.9 Å². The van der Waals surface area contributed by atoms with Crippen LogP contribution in [-0.2, 0) is 12.8 Å². The van der Waals surface area contributed by atoms with E-state index in [1.54, 1.807) is 7.05 Å². The number of amides is 2. The van der Waals surface area contributed by atoms with Gasteiger partial charge in [0, 0.05) is 13.6 Å². The quantitative estimate of drug-likeness (QED) is 0.886. The summed E-state index contributed by atoms with van der Waals surface area (Å²) in [6.45, 7) is 2.33. The molecule has 1 aliphatic rings. The standard InChI is InChI=1S/C16H24N2O2/c1-12(17-16(20)18(2)9-10-19)14-8-7-13-5-3-4-6-15(13)11-14/h7-8,11-12,19H,3-6,9-10H2,1-2H3,(H,17,20). The lowest BCUT2D eigenvalue weighted by molar-refractivity contribution is 0.188. The van der Waals surface area contributed by atoms with Crippen LogP contribution < -0.4 is 5.32 Å². The minimum absolute atomic E-state index is 0.0167. The topological polar surface area (TPSA) is 52.6 Å². The maximum atomic E-state index is 11.9. The van der Waals surface area contributed by atoms with Crippen molar-refractivity contribution in [2.75, 3.05) is 20.2 Å². The molecule has 0 aliphatic heterocycles. The van der Waals surface area contributed by atoms with Crippen LogP contribution in [0.5, 0.6) is 0 Å². The second kappa shape index (κ2) is 6.75. The van der Waals surface area contributed by atoms with Crippen molar-refractivity contribution in [3.63, 3.8) is 0 Å². The van der Waals surface area contributed by atoms with E-state index in [1.807, 2.05) is 6.92 Å². The fourth-order valence-electron chi connectivity index (χ4n) is 2.65. The number of aryl methyl sites for hydroxylation is 2. The van der Waals surface area contributed by atoms with Crippen molar-refractivity contribution in [1.82, 2.24) is 10.2 Å². The SMILES string of the molecule is CC(NC(=O)N(C)CCO)c1ccc2c(c1)CCCC2. The predicted molar refractivity (Wildman–Crippen MR) is 79.7 cm³/mol. The Morgan fingerprint density at radius 2 is 2.05 bits per heavy atom. The van der Waals surface area contributed by atoms with Gasteiger partial charge in [0.2, 0.25) is 0 Å². The Morgan fingerprint density at radius 1 is 1.35 bits per heavy atom. The summed E-state index contributed by atoms with van der Waals surface area (Å²) >= 11 is 0. The van der Waals surface area contributed by atoms with Gasteiger partial charge in [0.25, 0.3) is 0 Å². The van der Waals surface area contributed by atoms with Gasteiger partial charge in [-0.2, -0.15) is 0 Å². The van der Waals surface area contributed by atoms with E-state index < -0.39 is 0 Å². The molecule has 0 heterocycles. The highest BCUT2D eigenvalue weighted by Crippen LogP contribution is 2.24. The molecule has 1 aromatic rings. The summed E-state index contributed by atoms with van der Waals surface area (Å²) in [5.41, 5.74) is 4.03. The lowest BCUT2D eigenvalue weighted by Gasteiger charge is -2.23. The number of carbonyl (C=O) groups excluding carboxylic acids is 1. The van der Waals surface area contributed by atoms with Gasteiger partial charge in [0.1, 0.15) is 0 Å². The molecule has 1 aliphatic carbocycles. The van der Waals surface area contributed by atoms with Gasteiger partial charge in [-0.1, -0.05) is 18.2 Å². The lowest BCUT2D eigenvalue weighted by Crippen LogP contribution is -2.39. The first kappa shape index (κ1) is 14.9. The molecular weight excluding hydrogens is 252 g/mol. The zero-order valence-electron chi connectivity index (χ0n) is 12.4. The van der Waals surface area contributed by atoms with E-state index in [9.17, 15) is 4.79 Å². The Bertz CT molecular complexity index is 474. The van der Waals surface area contributed by atoms with Gasteiger partial charge in [-0.3, -0.25) is 0 Å². The van der Waals surface area contributed by atoms with E-state index in [4.69, 9.17) is 5.11 Å². The summed E-state index contributed by atoms with van der Waals surface area (Å²) in [6, 6.07) is 6.37. The summed E-state index contributed by atoms with van der Waals surface area (Å²) in [6.07, 6.45) is 4.87. The minimum Gasteiger partial charge on any atom is -0.395 e. The van der Waals surface area contributed by atoms with E-state index >= 15 is 0 Å². The maximum Gasteiger partial charge on any atom is 0.317 e. The number of hydrogen-bond donors (Lipinski definition) is 2. The normalized spacial score (nSPS) is 15.3. The number of benzene rings is 1. The average Bonchev–Trinajstić information content (AvgIpc) is 2.46. The molecule has 2 amide bonds. The van der Waals surface area contributed by atoms with Crippen LogP contribution in [0.15, 0.2) is 18.2 Å². The van der Waals surface area contributed by atoms with Crippen LogP contribution in [0.4, 0.5) is 4.79 Å². The third kappa shape index (κ3) is 3.51. The van der Waals surface area contributed by atoms with Gasteiger partial charge in [-0.25, -0.2) is 4.79 Å². The van der Waals surface area contributed by atoms with Crippen LogP contribution in [0.2, 0.25) is 0 Å². The van der Waals surface area contributed by atoms with E-state index in [1.165, 1.54) is 35.3 Å². The number of rotatable bonds is 4. The molecule has 4 nitrogen and oxygen atoms in total. The van der Waals surface area contributed by atoms with Crippen LogP contribution in [0.3, 0.4) is 0 Å². The van der Waals surface area contributed by atoms with Crippen molar-refractivity contribution < 1.29 is 9.90 Å². The first-order valence-corrected chi connectivity index (χ1v) is 7.36. The number of likely N-dealkylation sites (N-methyl/N-ethyl adjacent to an activating group) is 1. The van der Waals surface area contributed by atoms with Crippen LogP contribution >= 0.6 is 0 Å². The van der Waals surface area contributed by atoms with Crippen molar-refractivity contribution >= 4 is 6.03 Å². The average molecular weight is 276 g/mol. The molecule has 20 heavy (non-hydrogen) atoms. The monoisotopic (exact) mass is 276 g/mol. The molecule has 1 aromatic carbocycles. The number of nitrogens with zero attached hydrogens (tertiary/aromatic N) is 1. The number of hydrogen-bond acceptors (Lipinski definition) is 2. The number of aliphatic hydroxyl groups is 1. The maximum absolute atomic E-state index is 11.9. The number of nitrogens with one attached hydrogen (secondary N) is 1. The van der Waals surface area contributed by atoms with Crippen molar-refractivity contribution in [3.8, 4) is 0 Å². The van der Waals surface area contributed by atoms with Gasteiger partial charge in [0.05, 0.1) is 12.6 Å². The highest BCUT2D eigenvalue weighted by molar-refractivity contribution is 5.74. The highest BCUT2D eigenvalue weighted by Gasteiger charge is 2.15. The molecule has 0 saturated carbocycles. The second-order valence-corrected chi connectivity index (χ2v) is 5.55. The largest absolute Gasteiger partial charge is 0.395 e. The Labute approximate surface area is 120 Å². The molecule has 2 rings (SSSR count). The molecule has 0 aromatic heterocycles. The van der Waals surface area contributed by atoms with E-state index in [0.29, 0.717) is 6.54 Å². The van der Waals surface area contributed by atoms with Crippen LogP contribution in [0.1, 0.15) is 42.5 Å². The molecule has 110 valence electrons. The smallest absolute Gasteiger partial charge is 0.317 e. The second-order valence-electron chi connectivity index (χ2n) is 5.55. The van der Waals surface area contributed by atoms with Crippen molar-refractivity contribution in [2.24, 2.45) is 0 Å². The summed E-state index contributed by atoms with van der Waals surface area (Å²) in [7, 11) is 1.69. The predicted octanol–water partition coefficient (Wildman–Crippen LogP) is 2.26. The van der Waals surface area contributed by atoms with Gasteiger partial charge in [-0.15, -0.1) is 0 Å². The van der Waals surface area contributed by atoms with Crippen molar-refractivity contribution in [1.29, 1.82) is 0 Å².